The highest BCUT2D eigenvalue weighted by atomic mass is 79.9. The quantitative estimate of drug-likeness (QED) is 0.593. The van der Waals surface area contributed by atoms with E-state index >= 15 is 0 Å². The van der Waals surface area contributed by atoms with E-state index in [-0.39, 0.29) is 28.6 Å². The number of benzene rings is 1. The Hall–Kier alpha value is -1.84. The molecule has 0 saturated heterocycles. The molecule has 0 bridgehead atoms. The van der Waals surface area contributed by atoms with Gasteiger partial charge in [0.2, 0.25) is 5.88 Å². The summed E-state index contributed by atoms with van der Waals surface area (Å²) in [6.07, 6.45) is 0. The third-order valence-corrected chi connectivity index (χ3v) is 5.30. The smallest absolute Gasteiger partial charge is 0.326 e. The predicted octanol–water partition coefficient (Wildman–Crippen LogP) is 1.67. The van der Waals surface area contributed by atoms with Crippen LogP contribution in [0.2, 0.25) is 0 Å². The molecule has 0 atom stereocenters. The molecule has 3 rings (SSSR count). The summed E-state index contributed by atoms with van der Waals surface area (Å²) in [5.41, 5.74) is 0.280. The van der Waals surface area contributed by atoms with Crippen LogP contribution in [0.5, 0.6) is 5.88 Å². The van der Waals surface area contributed by atoms with Gasteiger partial charge in [-0.25, -0.2) is 4.99 Å². The second kappa shape index (κ2) is 6.58. The van der Waals surface area contributed by atoms with E-state index in [0.717, 1.165) is 15.8 Å². The number of hydrogen-bond donors (Lipinski definition) is 1. The molecule has 2 heterocycles. The maximum Gasteiger partial charge on any atom is 0.326 e. The van der Waals surface area contributed by atoms with Crippen molar-refractivity contribution in [3.63, 3.8) is 0 Å². The maximum atomic E-state index is 12.3. The highest BCUT2D eigenvalue weighted by molar-refractivity contribution is 9.10. The highest BCUT2D eigenvalue weighted by Gasteiger charge is 2.26. The third kappa shape index (κ3) is 2.94. The number of carbonyl (C=O) groups excluding carboxylic acids is 2. The molecule has 9 heteroatoms. The number of nitrogens with zero attached hydrogens (tertiary/aromatic N) is 2. The minimum atomic E-state index is -0.510. The van der Waals surface area contributed by atoms with Crippen LogP contribution in [0.4, 0.5) is 0 Å². The molecule has 1 amide bonds. The summed E-state index contributed by atoms with van der Waals surface area (Å²) < 4.78 is 7.19. The van der Waals surface area contributed by atoms with Crippen molar-refractivity contribution in [1.29, 1.82) is 0 Å². The van der Waals surface area contributed by atoms with Crippen LogP contribution < -0.4 is 10.6 Å². The number of hydrogen-bond acceptors (Lipinski definition) is 6. The molecule has 24 heavy (non-hydrogen) atoms. The Kier molecular flexibility index (Phi) is 4.66. The monoisotopic (exact) mass is 426 g/mol. The van der Waals surface area contributed by atoms with Gasteiger partial charge in [-0.1, -0.05) is 15.9 Å². The molecular weight excluding hydrogens is 416 g/mol. The van der Waals surface area contributed by atoms with Crippen molar-refractivity contribution < 1.29 is 19.4 Å². The number of amides is 1. The van der Waals surface area contributed by atoms with Gasteiger partial charge in [0.1, 0.15) is 11.4 Å². The average Bonchev–Trinajstić information content (AvgIpc) is 2.97. The summed E-state index contributed by atoms with van der Waals surface area (Å²) >= 11 is 9.63. The summed E-state index contributed by atoms with van der Waals surface area (Å²) in [4.78, 5) is 28.2. The molecular formula is C15H11BrN2O4S2. The van der Waals surface area contributed by atoms with Gasteiger partial charge in [-0.3, -0.25) is 14.2 Å². The molecule has 1 N–H and O–H groups in total. The second-order valence-corrected chi connectivity index (χ2v) is 7.43. The van der Waals surface area contributed by atoms with Crippen molar-refractivity contribution in [1.82, 2.24) is 4.57 Å². The summed E-state index contributed by atoms with van der Waals surface area (Å²) in [5, 5.41) is 11.6. The minimum Gasteiger partial charge on any atom is -0.493 e. The molecule has 0 saturated carbocycles. The maximum absolute atomic E-state index is 12.3. The van der Waals surface area contributed by atoms with Gasteiger partial charge >= 0.3 is 5.97 Å². The van der Waals surface area contributed by atoms with Gasteiger partial charge in [-0.2, -0.15) is 0 Å². The van der Waals surface area contributed by atoms with Gasteiger partial charge in [0.05, 0.1) is 17.5 Å². The zero-order valence-electron chi connectivity index (χ0n) is 12.4. The van der Waals surface area contributed by atoms with Gasteiger partial charge in [0.15, 0.2) is 3.95 Å². The van der Waals surface area contributed by atoms with E-state index in [9.17, 15) is 14.7 Å². The first-order chi connectivity index (χ1) is 11.4. The molecule has 1 aliphatic rings. The Morgan fingerprint density at radius 2 is 2.25 bits per heavy atom. The van der Waals surface area contributed by atoms with Crippen molar-refractivity contribution in [2.75, 3.05) is 6.61 Å². The number of aromatic nitrogens is 1. The van der Waals surface area contributed by atoms with Gasteiger partial charge < -0.3 is 9.84 Å². The first-order valence-electron chi connectivity index (χ1n) is 6.94. The number of halogens is 1. The van der Waals surface area contributed by atoms with Gasteiger partial charge in [-0.05, 0) is 37.3 Å². The SMILES string of the molecule is CCOC(=O)Cn1c(O)c(C2=c3cc(Br)ccc3=NC2=O)sc1=S. The van der Waals surface area contributed by atoms with Gasteiger partial charge in [-0.15, -0.1) is 11.3 Å². The molecule has 2 aromatic rings. The number of carbonyl (C=O) groups is 2. The van der Waals surface area contributed by atoms with Crippen LogP contribution in [0.15, 0.2) is 27.7 Å². The number of aromatic hydroxyl groups is 1. The number of ether oxygens (including phenoxy) is 1. The Morgan fingerprint density at radius 1 is 1.50 bits per heavy atom. The highest BCUT2D eigenvalue weighted by Crippen LogP contribution is 2.32. The largest absolute Gasteiger partial charge is 0.493 e. The molecule has 6 nitrogen and oxygen atoms in total. The van der Waals surface area contributed by atoms with Crippen molar-refractivity contribution in [3.05, 3.63) is 42.1 Å². The van der Waals surface area contributed by atoms with Crippen LogP contribution in [0.1, 0.15) is 11.8 Å². The lowest BCUT2D eigenvalue weighted by atomic mass is 10.1. The van der Waals surface area contributed by atoms with E-state index in [2.05, 4.69) is 20.9 Å². The Balaban J connectivity index is 2.17. The first-order valence-corrected chi connectivity index (χ1v) is 8.95. The Labute approximate surface area is 153 Å². The first kappa shape index (κ1) is 17.0. The van der Waals surface area contributed by atoms with Crippen molar-refractivity contribution >= 4 is 56.9 Å². The molecule has 124 valence electrons. The lowest BCUT2D eigenvalue weighted by molar-refractivity contribution is -0.143. The molecule has 0 unspecified atom stereocenters. The van der Waals surface area contributed by atoms with Gasteiger partial charge in [0, 0.05) is 9.69 Å². The van der Waals surface area contributed by atoms with Crippen LogP contribution in [0, 0.1) is 3.95 Å². The van der Waals surface area contributed by atoms with Crippen LogP contribution >= 0.6 is 39.5 Å². The van der Waals surface area contributed by atoms with E-state index in [0.29, 0.717) is 15.5 Å². The standard InChI is InChI=1S/C15H11BrN2O4S2/c1-2-22-10(19)6-18-14(21)12(24-15(18)23)11-8-5-7(16)3-4-9(8)17-13(11)20/h3-5,21H,2,6H2,1H3. The molecule has 0 radical (unpaired) electrons. The topological polar surface area (TPSA) is 80.9 Å². The van der Waals surface area contributed by atoms with E-state index in [4.69, 9.17) is 17.0 Å². The fraction of sp³-hybridized carbons (Fsp3) is 0.200. The summed E-state index contributed by atoms with van der Waals surface area (Å²) in [5.74, 6) is -1.19. The second-order valence-electron chi connectivity index (χ2n) is 4.87. The van der Waals surface area contributed by atoms with Crippen LogP contribution in [-0.2, 0) is 20.9 Å². The van der Waals surface area contributed by atoms with E-state index in [1.54, 1.807) is 25.1 Å². The van der Waals surface area contributed by atoms with Gasteiger partial charge in [0.25, 0.3) is 5.91 Å². The third-order valence-electron chi connectivity index (χ3n) is 3.35. The lowest BCUT2D eigenvalue weighted by Crippen LogP contribution is -2.22. The normalized spacial score (nSPS) is 12.9. The van der Waals surface area contributed by atoms with Crippen LogP contribution in [0.3, 0.4) is 0 Å². The number of thiazole rings is 1. The molecule has 0 fully saturated rings. The number of esters is 1. The molecule has 0 aliphatic carbocycles. The van der Waals surface area contributed by atoms with E-state index < -0.39 is 11.9 Å². The summed E-state index contributed by atoms with van der Waals surface area (Å²) in [7, 11) is 0. The van der Waals surface area contributed by atoms with E-state index in [1.165, 1.54) is 4.57 Å². The molecule has 0 spiro atoms. The van der Waals surface area contributed by atoms with Crippen LogP contribution in [0.25, 0.3) is 5.57 Å². The lowest BCUT2D eigenvalue weighted by Gasteiger charge is -2.05. The van der Waals surface area contributed by atoms with Crippen molar-refractivity contribution in [2.24, 2.45) is 4.99 Å². The minimum absolute atomic E-state index is 0.209. The predicted molar refractivity (Wildman–Crippen MR) is 93.9 cm³/mol. The molecule has 1 aromatic carbocycles. The number of fused-ring (bicyclic) bond motifs is 1. The summed E-state index contributed by atoms with van der Waals surface area (Å²) in [6.45, 7) is 1.72. The van der Waals surface area contributed by atoms with Crippen molar-refractivity contribution in [3.8, 4) is 5.88 Å². The molecule has 1 aromatic heterocycles. The Bertz CT molecular complexity index is 1040. The Morgan fingerprint density at radius 3 is 2.96 bits per heavy atom. The van der Waals surface area contributed by atoms with E-state index in [1.807, 2.05) is 0 Å². The molecule has 1 aliphatic heterocycles. The van der Waals surface area contributed by atoms with Crippen LogP contribution in [-0.4, -0.2) is 28.2 Å². The average molecular weight is 427 g/mol. The van der Waals surface area contributed by atoms with Crippen molar-refractivity contribution in [2.45, 2.75) is 13.5 Å². The fourth-order valence-electron chi connectivity index (χ4n) is 2.34. The zero-order valence-corrected chi connectivity index (χ0v) is 15.6. The summed E-state index contributed by atoms with van der Waals surface area (Å²) in [6, 6.07) is 5.26. The number of rotatable bonds is 4. The fourth-order valence-corrected chi connectivity index (χ4v) is 4.04. The zero-order chi connectivity index (χ0) is 17.4.